The van der Waals surface area contributed by atoms with Gasteiger partial charge in [-0.05, 0) is 17.7 Å². The molecular weight excluding hydrogens is 455 g/mol. The SMILES string of the molecule is CCP(=O)(OCc1ccccc1)c1cc(N(S(C)(=O)=O)S(C)(=O)=O)ccc1[N+](=O)[O-]. The van der Waals surface area contributed by atoms with E-state index in [4.69, 9.17) is 4.52 Å². The average molecular weight is 476 g/mol. The predicted octanol–water partition coefficient (Wildman–Crippen LogP) is 2.46. The van der Waals surface area contributed by atoms with Crippen LogP contribution < -0.4 is 9.02 Å². The van der Waals surface area contributed by atoms with E-state index >= 15 is 0 Å². The van der Waals surface area contributed by atoms with E-state index in [1.807, 2.05) is 0 Å². The summed E-state index contributed by atoms with van der Waals surface area (Å²) >= 11 is 0. The summed E-state index contributed by atoms with van der Waals surface area (Å²) in [6.07, 6.45) is 1.24. The van der Waals surface area contributed by atoms with Crippen LogP contribution >= 0.6 is 7.37 Å². The van der Waals surface area contributed by atoms with Crippen LogP contribution in [0.15, 0.2) is 48.5 Å². The van der Waals surface area contributed by atoms with Gasteiger partial charge in [-0.3, -0.25) is 14.7 Å². The third-order valence-corrected chi connectivity index (χ3v) is 9.76. The quantitative estimate of drug-likeness (QED) is 0.305. The standard InChI is InChI=1S/C17H21N2O8PS2/c1-4-28(22,27-13-14-8-6-5-7-9-14)17-12-15(10-11-16(17)18(20)21)19(29(2,23)24)30(3,25)26/h5-12H,4,13H2,1-3H3. The number of nitro benzene ring substituents is 1. The Bertz CT molecular complexity index is 1170. The monoisotopic (exact) mass is 476 g/mol. The fourth-order valence-electron chi connectivity index (χ4n) is 2.77. The maximum atomic E-state index is 13.5. The first-order valence-electron chi connectivity index (χ1n) is 8.56. The van der Waals surface area contributed by atoms with Crippen LogP contribution in [0.1, 0.15) is 12.5 Å². The Hall–Kier alpha value is -2.27. The van der Waals surface area contributed by atoms with E-state index in [0.29, 0.717) is 18.1 Å². The van der Waals surface area contributed by atoms with Crippen LogP contribution in [0.3, 0.4) is 0 Å². The maximum absolute atomic E-state index is 13.5. The summed E-state index contributed by atoms with van der Waals surface area (Å²) < 4.78 is 67.4. The molecule has 164 valence electrons. The lowest BCUT2D eigenvalue weighted by Crippen LogP contribution is -2.35. The smallest absolute Gasteiger partial charge is 0.282 e. The van der Waals surface area contributed by atoms with E-state index in [1.165, 1.54) is 6.92 Å². The zero-order valence-corrected chi connectivity index (χ0v) is 19.0. The lowest BCUT2D eigenvalue weighted by molar-refractivity contribution is -0.383. The van der Waals surface area contributed by atoms with Crippen molar-refractivity contribution < 1.29 is 30.8 Å². The van der Waals surface area contributed by atoms with Crippen molar-refractivity contribution in [3.8, 4) is 0 Å². The van der Waals surface area contributed by atoms with Crippen LogP contribution in [0.4, 0.5) is 11.4 Å². The third-order valence-electron chi connectivity index (χ3n) is 4.03. The molecule has 0 saturated carbocycles. The van der Waals surface area contributed by atoms with E-state index in [2.05, 4.69) is 0 Å². The Kier molecular flexibility index (Phi) is 7.08. The number of hydrogen-bond donors (Lipinski definition) is 0. The molecule has 30 heavy (non-hydrogen) atoms. The molecule has 1 atom stereocenters. The number of nitrogens with zero attached hydrogens (tertiary/aromatic N) is 2. The lowest BCUT2D eigenvalue weighted by Gasteiger charge is -2.22. The van der Waals surface area contributed by atoms with Gasteiger partial charge in [-0.1, -0.05) is 37.3 Å². The average Bonchev–Trinajstić information content (AvgIpc) is 2.64. The molecule has 0 N–H and O–H groups in total. The first-order chi connectivity index (χ1) is 13.8. The Morgan fingerprint density at radius 1 is 1.03 bits per heavy atom. The molecule has 0 radical (unpaired) electrons. The van der Waals surface area contributed by atoms with Crippen molar-refractivity contribution in [1.29, 1.82) is 0 Å². The summed E-state index contributed by atoms with van der Waals surface area (Å²) in [5.41, 5.74) is -0.268. The van der Waals surface area contributed by atoms with E-state index in [9.17, 15) is 31.5 Å². The first kappa shape index (κ1) is 24.0. The van der Waals surface area contributed by atoms with Crippen molar-refractivity contribution >= 4 is 44.1 Å². The Balaban J connectivity index is 2.64. The van der Waals surface area contributed by atoms with Gasteiger partial charge in [0.25, 0.3) is 5.69 Å². The molecule has 10 nitrogen and oxygen atoms in total. The van der Waals surface area contributed by atoms with Gasteiger partial charge >= 0.3 is 0 Å². The number of rotatable bonds is 9. The van der Waals surface area contributed by atoms with Gasteiger partial charge in [-0.25, -0.2) is 16.8 Å². The van der Waals surface area contributed by atoms with Crippen molar-refractivity contribution in [2.24, 2.45) is 0 Å². The molecule has 2 aromatic rings. The van der Waals surface area contributed by atoms with Gasteiger partial charge in [0.05, 0.1) is 29.7 Å². The largest absolute Gasteiger partial charge is 0.320 e. The second-order valence-electron chi connectivity index (χ2n) is 6.40. The highest BCUT2D eigenvalue weighted by atomic mass is 32.3. The zero-order chi connectivity index (χ0) is 22.7. The second-order valence-corrected chi connectivity index (χ2v) is 13.0. The fourth-order valence-corrected chi connectivity index (χ4v) is 7.58. The number of anilines is 1. The molecule has 0 aromatic heterocycles. The van der Waals surface area contributed by atoms with Crippen LogP contribution in [-0.4, -0.2) is 40.4 Å². The molecule has 0 aliphatic rings. The van der Waals surface area contributed by atoms with Crippen LogP contribution in [-0.2, 0) is 35.7 Å². The minimum atomic E-state index is -4.29. The van der Waals surface area contributed by atoms with Gasteiger partial charge in [0, 0.05) is 12.2 Å². The highest BCUT2D eigenvalue weighted by Crippen LogP contribution is 2.49. The van der Waals surface area contributed by atoms with Gasteiger partial charge in [-0.2, -0.15) is 3.71 Å². The predicted molar refractivity (Wildman–Crippen MR) is 114 cm³/mol. The molecule has 2 aromatic carbocycles. The molecule has 2 rings (SSSR count). The fraction of sp³-hybridized carbons (Fsp3) is 0.294. The molecule has 0 heterocycles. The van der Waals surface area contributed by atoms with Crippen molar-refractivity contribution in [2.45, 2.75) is 13.5 Å². The summed E-state index contributed by atoms with van der Waals surface area (Å²) in [7, 11) is -12.4. The minimum Gasteiger partial charge on any atom is -0.320 e. The molecule has 0 amide bonds. The van der Waals surface area contributed by atoms with Gasteiger partial charge in [0.2, 0.25) is 27.4 Å². The summed E-state index contributed by atoms with van der Waals surface area (Å²) in [5, 5.41) is 11.2. The molecular formula is C17H21N2O8PS2. The van der Waals surface area contributed by atoms with E-state index in [0.717, 1.165) is 18.2 Å². The van der Waals surface area contributed by atoms with Crippen molar-refractivity contribution in [1.82, 2.24) is 0 Å². The Morgan fingerprint density at radius 2 is 1.60 bits per heavy atom. The third kappa shape index (κ3) is 5.45. The lowest BCUT2D eigenvalue weighted by atomic mass is 10.2. The van der Waals surface area contributed by atoms with Crippen LogP contribution in [0.2, 0.25) is 0 Å². The van der Waals surface area contributed by atoms with E-state index in [-0.39, 0.29) is 21.8 Å². The van der Waals surface area contributed by atoms with Crippen molar-refractivity contribution in [3.05, 3.63) is 64.2 Å². The molecule has 0 saturated heterocycles. The highest BCUT2D eigenvalue weighted by Gasteiger charge is 2.35. The maximum Gasteiger partial charge on any atom is 0.282 e. The number of benzene rings is 2. The summed E-state index contributed by atoms with van der Waals surface area (Å²) in [5.74, 6) is 0. The number of nitro groups is 1. The van der Waals surface area contributed by atoms with E-state index < -0.39 is 43.7 Å². The molecule has 1 unspecified atom stereocenters. The Labute approximate surface area is 175 Å². The zero-order valence-electron chi connectivity index (χ0n) is 16.5. The summed E-state index contributed by atoms with van der Waals surface area (Å²) in [4.78, 5) is 10.7. The van der Waals surface area contributed by atoms with E-state index in [1.54, 1.807) is 30.3 Å². The second kappa shape index (κ2) is 8.84. The molecule has 0 spiro atoms. The van der Waals surface area contributed by atoms with Gasteiger partial charge in [0.1, 0.15) is 5.30 Å². The van der Waals surface area contributed by atoms with Crippen molar-refractivity contribution in [3.63, 3.8) is 0 Å². The van der Waals surface area contributed by atoms with Gasteiger partial charge in [0.15, 0.2) is 0 Å². The van der Waals surface area contributed by atoms with Crippen molar-refractivity contribution in [2.75, 3.05) is 22.4 Å². The van der Waals surface area contributed by atoms with Crippen LogP contribution in [0, 0.1) is 10.1 Å². The minimum absolute atomic E-state index is 0.102. The molecule has 13 heteroatoms. The molecule has 0 aliphatic heterocycles. The van der Waals surface area contributed by atoms with Gasteiger partial charge < -0.3 is 4.52 Å². The molecule has 0 bridgehead atoms. The van der Waals surface area contributed by atoms with Gasteiger partial charge in [-0.15, -0.1) is 0 Å². The van der Waals surface area contributed by atoms with Crippen LogP contribution in [0.5, 0.6) is 0 Å². The normalized spacial score (nSPS) is 14.1. The first-order valence-corrected chi connectivity index (χ1v) is 14.1. The number of sulfonamides is 2. The highest BCUT2D eigenvalue weighted by molar-refractivity contribution is 8.09. The Morgan fingerprint density at radius 3 is 2.07 bits per heavy atom. The summed E-state index contributed by atoms with van der Waals surface area (Å²) in [6.45, 7) is 1.41. The van der Waals surface area contributed by atoms with Crippen LogP contribution in [0.25, 0.3) is 0 Å². The molecule has 0 aliphatic carbocycles. The topological polar surface area (TPSA) is 141 Å². The summed E-state index contributed by atoms with van der Waals surface area (Å²) in [6, 6.07) is 11.5. The number of hydrogen-bond acceptors (Lipinski definition) is 8. The molecule has 0 fully saturated rings.